The second-order valence-corrected chi connectivity index (χ2v) is 9.52. The summed E-state index contributed by atoms with van der Waals surface area (Å²) in [7, 11) is 0. The lowest BCUT2D eigenvalue weighted by atomic mass is 9.65. The van der Waals surface area contributed by atoms with E-state index in [1.807, 2.05) is 42.5 Å². The molecule has 0 bridgehead atoms. The Hall–Kier alpha value is -2.62. The van der Waals surface area contributed by atoms with E-state index in [4.69, 9.17) is 0 Å². The third-order valence-corrected chi connectivity index (χ3v) is 6.91. The molecule has 4 heteroatoms. The van der Waals surface area contributed by atoms with Gasteiger partial charge >= 0.3 is 0 Å². The van der Waals surface area contributed by atoms with Crippen LogP contribution in [0, 0.1) is 5.92 Å². The normalized spacial score (nSPS) is 20.0. The van der Waals surface area contributed by atoms with Crippen LogP contribution in [0.1, 0.15) is 73.4 Å². The van der Waals surface area contributed by atoms with Crippen molar-refractivity contribution in [1.29, 1.82) is 0 Å². The fourth-order valence-electron chi connectivity index (χ4n) is 5.55. The molecule has 1 heterocycles. The number of hydrogen-bond acceptors (Lipinski definition) is 2. The van der Waals surface area contributed by atoms with Crippen LogP contribution in [-0.4, -0.2) is 35.3 Å². The van der Waals surface area contributed by atoms with Crippen molar-refractivity contribution in [2.24, 2.45) is 5.92 Å². The van der Waals surface area contributed by atoms with Crippen LogP contribution in [0.5, 0.6) is 0 Å². The zero-order chi connectivity index (χ0) is 21.8. The number of benzene rings is 2. The second kappa shape index (κ2) is 9.25. The SMILES string of the molecule is CC(C)CN1C(=O)c2ccccc2C(C(=O)NCCc2ccccc2)C12CCCCC2. The van der Waals surface area contributed by atoms with Gasteiger partial charge in [0.15, 0.2) is 0 Å². The predicted octanol–water partition coefficient (Wildman–Crippen LogP) is 4.94. The van der Waals surface area contributed by atoms with E-state index in [-0.39, 0.29) is 17.7 Å². The Labute approximate surface area is 186 Å². The molecule has 1 spiro atoms. The first kappa shape index (κ1) is 21.6. The minimum Gasteiger partial charge on any atom is -0.355 e. The second-order valence-electron chi connectivity index (χ2n) is 9.52. The number of carbonyl (C=O) groups is 2. The van der Waals surface area contributed by atoms with Gasteiger partial charge < -0.3 is 10.2 Å². The van der Waals surface area contributed by atoms with Crippen molar-refractivity contribution in [2.45, 2.75) is 63.8 Å². The predicted molar refractivity (Wildman–Crippen MR) is 124 cm³/mol. The minimum absolute atomic E-state index is 0.0616. The van der Waals surface area contributed by atoms with Gasteiger partial charge in [0.1, 0.15) is 0 Å². The maximum atomic E-state index is 13.7. The molecule has 1 aliphatic carbocycles. The lowest BCUT2D eigenvalue weighted by Gasteiger charge is -2.54. The van der Waals surface area contributed by atoms with Crippen LogP contribution in [0.3, 0.4) is 0 Å². The molecule has 2 aromatic rings. The Morgan fingerprint density at radius 1 is 1.03 bits per heavy atom. The van der Waals surface area contributed by atoms with Crippen LogP contribution >= 0.6 is 0 Å². The number of hydrogen-bond donors (Lipinski definition) is 1. The van der Waals surface area contributed by atoms with Gasteiger partial charge in [-0.05, 0) is 42.4 Å². The van der Waals surface area contributed by atoms with Crippen molar-refractivity contribution in [3.8, 4) is 0 Å². The summed E-state index contributed by atoms with van der Waals surface area (Å²) in [6, 6.07) is 18.0. The summed E-state index contributed by atoms with van der Waals surface area (Å²) in [5.74, 6) is 0.206. The highest BCUT2D eigenvalue weighted by Gasteiger charge is 2.54. The summed E-state index contributed by atoms with van der Waals surface area (Å²) >= 11 is 0. The highest BCUT2D eigenvalue weighted by molar-refractivity contribution is 6.02. The van der Waals surface area contributed by atoms with Crippen molar-refractivity contribution in [3.63, 3.8) is 0 Å². The van der Waals surface area contributed by atoms with E-state index in [9.17, 15) is 9.59 Å². The molecule has 4 nitrogen and oxygen atoms in total. The molecule has 164 valence electrons. The lowest BCUT2D eigenvalue weighted by Crippen LogP contribution is -2.63. The number of carbonyl (C=O) groups excluding carboxylic acids is 2. The molecular formula is C27H34N2O2. The van der Waals surface area contributed by atoms with Crippen LogP contribution in [0.15, 0.2) is 54.6 Å². The maximum absolute atomic E-state index is 13.7. The Morgan fingerprint density at radius 3 is 2.42 bits per heavy atom. The largest absolute Gasteiger partial charge is 0.355 e. The van der Waals surface area contributed by atoms with Crippen molar-refractivity contribution in [3.05, 3.63) is 71.3 Å². The number of amides is 2. The van der Waals surface area contributed by atoms with Gasteiger partial charge in [0.05, 0.1) is 11.5 Å². The van der Waals surface area contributed by atoms with Crippen molar-refractivity contribution in [1.82, 2.24) is 10.2 Å². The fourth-order valence-corrected chi connectivity index (χ4v) is 5.55. The molecule has 0 aromatic heterocycles. The van der Waals surface area contributed by atoms with Gasteiger partial charge in [-0.3, -0.25) is 9.59 Å². The highest BCUT2D eigenvalue weighted by Crippen LogP contribution is 2.49. The van der Waals surface area contributed by atoms with E-state index < -0.39 is 5.54 Å². The summed E-state index contributed by atoms with van der Waals surface area (Å²) in [5.41, 5.74) is 2.41. The van der Waals surface area contributed by atoms with Gasteiger partial charge in [-0.25, -0.2) is 0 Å². The first-order valence-electron chi connectivity index (χ1n) is 11.8. The molecule has 31 heavy (non-hydrogen) atoms. The van der Waals surface area contributed by atoms with Crippen LogP contribution in [0.25, 0.3) is 0 Å². The molecule has 1 N–H and O–H groups in total. The van der Waals surface area contributed by atoms with Crippen LogP contribution in [-0.2, 0) is 11.2 Å². The van der Waals surface area contributed by atoms with E-state index in [0.717, 1.165) is 37.7 Å². The van der Waals surface area contributed by atoms with Crippen molar-refractivity contribution in [2.75, 3.05) is 13.1 Å². The zero-order valence-electron chi connectivity index (χ0n) is 18.8. The lowest BCUT2D eigenvalue weighted by molar-refractivity contribution is -0.127. The summed E-state index contributed by atoms with van der Waals surface area (Å²) < 4.78 is 0. The van der Waals surface area contributed by atoms with E-state index in [1.54, 1.807) is 0 Å². The van der Waals surface area contributed by atoms with Gasteiger partial charge in [0.25, 0.3) is 5.91 Å². The highest BCUT2D eigenvalue weighted by atomic mass is 16.2. The molecule has 2 amide bonds. The van der Waals surface area contributed by atoms with Gasteiger partial charge in [-0.2, -0.15) is 0 Å². The molecule has 1 unspecified atom stereocenters. The van der Waals surface area contributed by atoms with Gasteiger partial charge in [-0.15, -0.1) is 0 Å². The van der Waals surface area contributed by atoms with Crippen LogP contribution in [0.4, 0.5) is 0 Å². The average Bonchev–Trinajstić information content (AvgIpc) is 2.78. The summed E-state index contributed by atoms with van der Waals surface area (Å²) in [5, 5.41) is 3.23. The first-order chi connectivity index (χ1) is 15.0. The smallest absolute Gasteiger partial charge is 0.254 e. The van der Waals surface area contributed by atoms with Crippen molar-refractivity contribution < 1.29 is 9.59 Å². The minimum atomic E-state index is -0.412. The Kier molecular flexibility index (Phi) is 6.45. The Balaban J connectivity index is 1.67. The molecule has 1 atom stereocenters. The third kappa shape index (κ3) is 4.26. The van der Waals surface area contributed by atoms with E-state index in [2.05, 4.69) is 36.2 Å². The summed E-state index contributed by atoms with van der Waals surface area (Å²) in [6.07, 6.45) is 5.92. The van der Waals surface area contributed by atoms with Gasteiger partial charge in [-0.1, -0.05) is 81.6 Å². The molecule has 4 rings (SSSR count). The summed E-state index contributed by atoms with van der Waals surface area (Å²) in [4.78, 5) is 29.4. The third-order valence-electron chi connectivity index (χ3n) is 6.91. The van der Waals surface area contributed by atoms with E-state index >= 15 is 0 Å². The molecule has 0 radical (unpaired) electrons. The molecule has 1 aliphatic heterocycles. The van der Waals surface area contributed by atoms with Crippen molar-refractivity contribution >= 4 is 11.8 Å². The number of rotatable bonds is 6. The molecule has 2 aliphatic rings. The quantitative estimate of drug-likeness (QED) is 0.722. The van der Waals surface area contributed by atoms with Crippen LogP contribution in [0.2, 0.25) is 0 Å². The molecule has 1 saturated carbocycles. The standard InChI is InChI=1S/C27H34N2O2/c1-20(2)19-29-26(31)23-14-8-7-13-22(23)24(27(29)16-9-4-10-17-27)25(30)28-18-15-21-11-5-3-6-12-21/h3,5-8,11-14,20,24H,4,9-10,15-19H2,1-2H3,(H,28,30). The molecule has 1 fully saturated rings. The monoisotopic (exact) mass is 418 g/mol. The Bertz CT molecular complexity index is 916. The number of nitrogens with zero attached hydrogens (tertiary/aromatic N) is 1. The fraction of sp³-hybridized carbons (Fsp3) is 0.481. The number of nitrogens with one attached hydrogen (secondary N) is 1. The van der Waals surface area contributed by atoms with E-state index in [1.165, 1.54) is 12.0 Å². The number of fused-ring (bicyclic) bond motifs is 1. The first-order valence-corrected chi connectivity index (χ1v) is 11.8. The molecule has 2 aromatic carbocycles. The maximum Gasteiger partial charge on any atom is 0.254 e. The van der Waals surface area contributed by atoms with Crippen LogP contribution < -0.4 is 5.32 Å². The molecular weight excluding hydrogens is 384 g/mol. The Morgan fingerprint density at radius 2 is 1.71 bits per heavy atom. The van der Waals surface area contributed by atoms with Gasteiger partial charge in [0.2, 0.25) is 5.91 Å². The topological polar surface area (TPSA) is 49.4 Å². The van der Waals surface area contributed by atoms with E-state index in [0.29, 0.717) is 24.6 Å². The average molecular weight is 419 g/mol. The summed E-state index contributed by atoms with van der Waals surface area (Å²) in [6.45, 7) is 5.61. The zero-order valence-corrected chi connectivity index (χ0v) is 18.8. The molecule has 0 saturated heterocycles. The van der Waals surface area contributed by atoms with Gasteiger partial charge in [0, 0.05) is 18.7 Å².